The molecule has 0 heterocycles. The van der Waals surface area contributed by atoms with E-state index in [1.807, 2.05) is 0 Å². The number of halogens is 1. The average molecular weight is 635 g/mol. The zero-order valence-corrected chi connectivity index (χ0v) is 33.6. The summed E-state index contributed by atoms with van der Waals surface area (Å²) < 4.78 is 12.7. The minimum Gasteiger partial charge on any atom is -1.00 e. The molecule has 2 unspecified atom stereocenters. The summed E-state index contributed by atoms with van der Waals surface area (Å²) >= 11 is 0. The van der Waals surface area contributed by atoms with Crippen molar-refractivity contribution in [2.75, 3.05) is 27.2 Å². The summed E-state index contributed by atoms with van der Waals surface area (Å²) in [6.07, 6.45) is 22.4. The van der Waals surface area contributed by atoms with E-state index >= 15 is 0 Å². The normalized spacial score (nSPS) is 15.4. The first-order chi connectivity index (χ1) is 18.8. The smallest absolute Gasteiger partial charge is 0.333 e. The fraction of sp³-hybridized carbons (Fsp3) is 0.912. The number of rotatable bonds is 26. The largest absolute Gasteiger partial charge is 1.00 e. The van der Waals surface area contributed by atoms with Gasteiger partial charge in [-0.3, -0.25) is 0 Å². The van der Waals surface area contributed by atoms with Gasteiger partial charge in [-0.2, -0.15) is 0 Å². The maximum atomic E-state index is 12.0. The van der Waals surface area contributed by atoms with E-state index < -0.39 is 9.76 Å². The van der Waals surface area contributed by atoms with Gasteiger partial charge in [-0.15, -0.1) is 0 Å². The van der Waals surface area contributed by atoms with Crippen molar-refractivity contribution in [3.8, 4) is 0 Å². The molecule has 41 heavy (non-hydrogen) atoms. The summed E-state index contributed by atoms with van der Waals surface area (Å²) in [7, 11) is 4.94. The number of hydrogen-bond donors (Lipinski definition) is 0. The summed E-state index contributed by atoms with van der Waals surface area (Å²) in [4.78, 5) is 12.0. The van der Waals surface area contributed by atoms with Crippen LogP contribution in [-0.4, -0.2) is 63.1 Å². The first kappa shape index (κ1) is 43.0. The topological polar surface area (TPSA) is 35.5 Å². The molecule has 0 amide bonds. The number of carbonyl (C=O) groups is 1. The molecule has 0 bridgehead atoms. The Morgan fingerprint density at radius 3 is 1.63 bits per heavy atom. The minimum absolute atomic E-state index is 0. The number of quaternary nitrogens is 1. The quantitative estimate of drug-likeness (QED) is 0.0443. The van der Waals surface area contributed by atoms with Crippen LogP contribution in [0.1, 0.15) is 158 Å². The Labute approximate surface area is 269 Å². The Hall–Kier alpha value is -0.146. The highest BCUT2D eigenvalue weighted by molar-refractivity contribution is 6.38. The predicted octanol–water partition coefficient (Wildman–Crippen LogP) is 4.99. The van der Waals surface area contributed by atoms with Crippen molar-refractivity contribution in [3.63, 3.8) is 0 Å². The highest BCUT2D eigenvalue weighted by Gasteiger charge is 2.59. The average Bonchev–Trinajstić information content (AvgIpc) is 2.88. The molecule has 0 aromatic rings. The molecule has 0 spiro atoms. The second-order valence-electron chi connectivity index (χ2n) is 14.3. The van der Waals surface area contributed by atoms with Crippen molar-refractivity contribution in [2.45, 2.75) is 163 Å². The van der Waals surface area contributed by atoms with Gasteiger partial charge in [0.1, 0.15) is 15.6 Å². The van der Waals surface area contributed by atoms with Crippen molar-refractivity contribution in [1.82, 2.24) is 0 Å². The van der Waals surface area contributed by atoms with E-state index in [0.29, 0.717) is 12.2 Å². The summed E-state index contributed by atoms with van der Waals surface area (Å²) in [6.45, 7) is 21.8. The Morgan fingerprint density at radius 1 is 0.780 bits per heavy atom. The van der Waals surface area contributed by atoms with Gasteiger partial charge in [-0.25, -0.2) is 4.79 Å². The third-order valence-electron chi connectivity index (χ3n) is 10.7. The number of nitrogens with zero attached hydrogens (tertiary/aromatic N) is 1. The van der Waals surface area contributed by atoms with Gasteiger partial charge in [0.05, 0.1) is 27.2 Å². The summed E-state index contributed by atoms with van der Waals surface area (Å²) in [6, 6.07) is 0. The molecule has 0 rings (SSSR count). The lowest BCUT2D eigenvalue weighted by atomic mass is 9.57. The summed E-state index contributed by atoms with van der Waals surface area (Å²) in [5.41, 5.74) is 0.715. The van der Waals surface area contributed by atoms with Gasteiger partial charge in [0.2, 0.25) is 9.76 Å². The number of unbranched alkanes of at least 4 members (excludes halogenated alkanes) is 12. The highest BCUT2D eigenvalue weighted by atomic mass is 35.5. The first-order valence-electron chi connectivity index (χ1n) is 16.9. The van der Waals surface area contributed by atoms with Crippen LogP contribution in [0.3, 0.4) is 0 Å². The van der Waals surface area contributed by atoms with Crippen molar-refractivity contribution >= 4 is 26.2 Å². The van der Waals surface area contributed by atoms with Crippen LogP contribution >= 0.6 is 0 Å². The van der Waals surface area contributed by atoms with Gasteiger partial charge < -0.3 is 25.7 Å². The van der Waals surface area contributed by atoms with Gasteiger partial charge in [-0.05, 0) is 44.9 Å². The Morgan fingerprint density at radius 2 is 1.22 bits per heavy atom. The molecular formula is C34H72ClNO3Si2. The van der Waals surface area contributed by atoms with Crippen LogP contribution in [0.25, 0.3) is 0 Å². The molecule has 0 aromatic heterocycles. The van der Waals surface area contributed by atoms with Gasteiger partial charge in [-0.1, -0.05) is 125 Å². The molecule has 0 aliphatic heterocycles. The van der Waals surface area contributed by atoms with Gasteiger partial charge in [0, 0.05) is 11.0 Å². The summed E-state index contributed by atoms with van der Waals surface area (Å²) in [5, 5.41) is 0.116. The standard InChI is InChI=1S/C34H72NO3Si2.ClH/c1-11-13-14-15-16-17-18-19-20-21-22-23-24-26-33(7,27-25-29-37-31(36)30(3)4)32(5,6)34(8,40-38-39)35(9,10)28-12-2;/h3,11-29,40H2,1-2,4-10,39H3;1H/q+1;/p-1. The molecule has 0 saturated heterocycles. The molecule has 0 radical (unpaired) electrons. The van der Waals surface area contributed by atoms with Crippen molar-refractivity contribution in [1.29, 1.82) is 0 Å². The van der Waals surface area contributed by atoms with Crippen molar-refractivity contribution in [3.05, 3.63) is 12.2 Å². The first-order valence-corrected chi connectivity index (χ1v) is 19.0. The minimum atomic E-state index is -0.738. The Balaban J connectivity index is 0. The van der Waals surface area contributed by atoms with Crippen LogP contribution in [0, 0.1) is 10.8 Å². The zero-order valence-electron chi connectivity index (χ0n) is 29.4. The van der Waals surface area contributed by atoms with E-state index in [1.54, 1.807) is 6.92 Å². The molecule has 4 nitrogen and oxygen atoms in total. The third kappa shape index (κ3) is 14.5. The molecule has 246 valence electrons. The lowest BCUT2D eigenvalue weighted by Gasteiger charge is -2.61. The van der Waals surface area contributed by atoms with Gasteiger partial charge in [0.25, 0.3) is 0 Å². The molecule has 0 N–H and O–H groups in total. The molecule has 0 aliphatic carbocycles. The van der Waals surface area contributed by atoms with Gasteiger partial charge >= 0.3 is 5.97 Å². The molecule has 2 atom stereocenters. The van der Waals surface area contributed by atoms with Crippen molar-refractivity contribution < 1.29 is 30.5 Å². The fourth-order valence-electron chi connectivity index (χ4n) is 6.88. The number of hydrogen-bond acceptors (Lipinski definition) is 3. The molecule has 7 heteroatoms. The summed E-state index contributed by atoms with van der Waals surface area (Å²) in [5.74, 6) is -0.264. The Kier molecular flexibility index (Phi) is 23.5. The van der Waals surface area contributed by atoms with E-state index in [9.17, 15) is 4.79 Å². The van der Waals surface area contributed by atoms with Crippen LogP contribution in [0.15, 0.2) is 12.2 Å². The zero-order chi connectivity index (χ0) is 30.7. The maximum Gasteiger partial charge on any atom is 0.333 e. The van der Waals surface area contributed by atoms with Crippen LogP contribution in [-0.2, 0) is 13.6 Å². The lowest BCUT2D eigenvalue weighted by Crippen LogP contribution is -3.00. The highest BCUT2D eigenvalue weighted by Crippen LogP contribution is 2.55. The van der Waals surface area contributed by atoms with E-state index in [2.05, 4.69) is 62.2 Å². The predicted molar refractivity (Wildman–Crippen MR) is 182 cm³/mol. The maximum absolute atomic E-state index is 12.0. The van der Waals surface area contributed by atoms with Crippen molar-refractivity contribution in [2.24, 2.45) is 10.8 Å². The molecule has 0 fully saturated rings. The Bertz CT molecular complexity index is 703. The van der Waals surface area contributed by atoms with Crippen LogP contribution in [0.4, 0.5) is 0 Å². The van der Waals surface area contributed by atoms with Crippen LogP contribution in [0.2, 0.25) is 0 Å². The fourth-order valence-corrected chi connectivity index (χ4v) is 10.4. The molecule has 0 saturated carbocycles. The van der Waals surface area contributed by atoms with Crippen LogP contribution in [0.5, 0.6) is 0 Å². The monoisotopic (exact) mass is 633 g/mol. The van der Waals surface area contributed by atoms with E-state index in [-0.39, 0.29) is 34.4 Å². The SMILES string of the molecule is C=C(C)C(=O)OCCCC(C)(CCCCCCCCCCCCCCC)C(C)(C)C(C)([SiH2]O[SiH3])[N+](C)(C)CCC.[Cl-]. The number of carbonyl (C=O) groups excluding carboxylic acids is 1. The second-order valence-corrected chi connectivity index (χ2v) is 18.3. The number of esters is 1. The van der Waals surface area contributed by atoms with Gasteiger partial charge in [0.15, 0.2) is 0 Å². The third-order valence-corrected chi connectivity index (χ3v) is 14.1. The second kappa shape index (κ2) is 22.4. The molecule has 0 aliphatic rings. The van der Waals surface area contributed by atoms with E-state index in [1.165, 1.54) is 103 Å². The van der Waals surface area contributed by atoms with E-state index in [4.69, 9.17) is 8.85 Å². The number of ether oxygens (including phenoxy) is 1. The van der Waals surface area contributed by atoms with Crippen LogP contribution < -0.4 is 12.4 Å². The van der Waals surface area contributed by atoms with E-state index in [0.717, 1.165) is 27.8 Å². The molecular weight excluding hydrogens is 562 g/mol. The lowest BCUT2D eigenvalue weighted by molar-refractivity contribution is -0.935. The molecule has 0 aromatic carbocycles.